The third-order valence-electron chi connectivity index (χ3n) is 2.76. The highest BCUT2D eigenvalue weighted by Crippen LogP contribution is 2.23. The molecule has 1 heterocycles. The third kappa shape index (κ3) is 3.49. The lowest BCUT2D eigenvalue weighted by Crippen LogP contribution is -2.15. The van der Waals surface area contributed by atoms with Crippen LogP contribution in [0.3, 0.4) is 0 Å². The zero-order valence-corrected chi connectivity index (χ0v) is 13.2. The molecule has 3 N–H and O–H groups in total. The van der Waals surface area contributed by atoms with Crippen molar-refractivity contribution in [1.82, 2.24) is 4.98 Å². The summed E-state index contributed by atoms with van der Waals surface area (Å²) in [5, 5.41) is 11.8. The molecular weight excluding hydrogens is 342 g/mol. The summed E-state index contributed by atoms with van der Waals surface area (Å²) in [6.07, 6.45) is 0.780. The van der Waals surface area contributed by atoms with Crippen LogP contribution >= 0.6 is 27.3 Å². The highest BCUT2D eigenvalue weighted by atomic mass is 79.9. The van der Waals surface area contributed by atoms with Crippen LogP contribution in [0.2, 0.25) is 0 Å². The summed E-state index contributed by atoms with van der Waals surface area (Å²) in [4.78, 5) is 5.40. The third-order valence-corrected chi connectivity index (χ3v) is 4.24. The summed E-state index contributed by atoms with van der Waals surface area (Å²) in [6.45, 7) is 2.49. The summed E-state index contributed by atoms with van der Waals surface area (Å²) >= 11 is 4.96. The SMILES string of the molecule is Cc1ncsc1CCOc1ccc(Br)cc1/C(N)=N/O. The van der Waals surface area contributed by atoms with Crippen LogP contribution in [0.4, 0.5) is 0 Å². The number of benzene rings is 1. The van der Waals surface area contributed by atoms with Crippen LogP contribution in [0, 0.1) is 6.92 Å². The van der Waals surface area contributed by atoms with Crippen molar-refractivity contribution in [2.24, 2.45) is 10.9 Å². The molecule has 0 spiro atoms. The van der Waals surface area contributed by atoms with Gasteiger partial charge in [-0.1, -0.05) is 21.1 Å². The first-order valence-electron chi connectivity index (χ1n) is 5.91. The predicted molar refractivity (Wildman–Crippen MR) is 82.7 cm³/mol. The van der Waals surface area contributed by atoms with Crippen LogP contribution in [0.1, 0.15) is 16.1 Å². The van der Waals surface area contributed by atoms with Gasteiger partial charge < -0.3 is 15.7 Å². The Hall–Kier alpha value is -1.60. The molecule has 0 aliphatic carbocycles. The highest BCUT2D eigenvalue weighted by Gasteiger charge is 2.10. The van der Waals surface area contributed by atoms with Crippen LogP contribution < -0.4 is 10.5 Å². The molecule has 1 aromatic heterocycles. The van der Waals surface area contributed by atoms with Crippen molar-refractivity contribution in [1.29, 1.82) is 0 Å². The number of rotatable bonds is 5. The van der Waals surface area contributed by atoms with Crippen molar-refractivity contribution in [3.63, 3.8) is 0 Å². The van der Waals surface area contributed by atoms with Crippen LogP contribution in [0.5, 0.6) is 5.75 Å². The molecular formula is C13H14BrN3O2S. The van der Waals surface area contributed by atoms with E-state index in [2.05, 4.69) is 26.1 Å². The number of aryl methyl sites for hydroxylation is 1. The summed E-state index contributed by atoms with van der Waals surface area (Å²) in [5.41, 5.74) is 9.06. The molecule has 0 saturated carbocycles. The van der Waals surface area contributed by atoms with Crippen molar-refractivity contribution < 1.29 is 9.94 Å². The minimum absolute atomic E-state index is 0.0234. The number of hydrogen-bond acceptors (Lipinski definition) is 5. The summed E-state index contributed by atoms with van der Waals surface area (Å²) in [5.74, 6) is 0.612. The molecule has 0 fully saturated rings. The smallest absolute Gasteiger partial charge is 0.173 e. The Kier molecular flexibility index (Phi) is 4.97. The van der Waals surface area contributed by atoms with Gasteiger partial charge in [-0.3, -0.25) is 0 Å². The first kappa shape index (κ1) is 14.8. The zero-order valence-electron chi connectivity index (χ0n) is 10.8. The first-order valence-corrected chi connectivity index (χ1v) is 7.58. The van der Waals surface area contributed by atoms with E-state index in [0.29, 0.717) is 17.9 Å². The topological polar surface area (TPSA) is 80.7 Å². The Labute approximate surface area is 129 Å². The predicted octanol–water partition coefficient (Wildman–Crippen LogP) is 2.93. The number of nitrogens with zero attached hydrogens (tertiary/aromatic N) is 2. The fraction of sp³-hybridized carbons (Fsp3) is 0.231. The Morgan fingerprint density at radius 1 is 1.55 bits per heavy atom. The van der Waals surface area contributed by atoms with Crippen molar-refractivity contribution in [2.45, 2.75) is 13.3 Å². The number of hydrogen-bond donors (Lipinski definition) is 2. The summed E-state index contributed by atoms with van der Waals surface area (Å²) in [6, 6.07) is 5.39. The molecule has 0 unspecified atom stereocenters. The van der Waals surface area contributed by atoms with E-state index in [-0.39, 0.29) is 5.84 Å². The average Bonchev–Trinajstić information content (AvgIpc) is 2.85. The minimum Gasteiger partial charge on any atom is -0.492 e. The molecule has 0 saturated heterocycles. The lowest BCUT2D eigenvalue weighted by molar-refractivity contribution is 0.314. The van der Waals surface area contributed by atoms with Crippen molar-refractivity contribution >= 4 is 33.1 Å². The van der Waals surface area contributed by atoms with E-state index in [1.165, 1.54) is 4.88 Å². The van der Waals surface area contributed by atoms with E-state index in [1.807, 2.05) is 18.5 Å². The van der Waals surface area contributed by atoms with E-state index < -0.39 is 0 Å². The molecule has 1 aromatic carbocycles. The largest absolute Gasteiger partial charge is 0.492 e. The second-order valence-corrected chi connectivity index (χ2v) is 5.94. The zero-order chi connectivity index (χ0) is 14.5. The Balaban J connectivity index is 2.08. The monoisotopic (exact) mass is 355 g/mol. The Morgan fingerprint density at radius 3 is 3.00 bits per heavy atom. The van der Waals surface area contributed by atoms with Crippen LogP contribution in [0.25, 0.3) is 0 Å². The van der Waals surface area contributed by atoms with Crippen molar-refractivity contribution in [2.75, 3.05) is 6.61 Å². The molecule has 0 amide bonds. The molecule has 20 heavy (non-hydrogen) atoms. The van der Waals surface area contributed by atoms with Gasteiger partial charge in [0.15, 0.2) is 5.84 Å². The van der Waals surface area contributed by atoms with Crippen LogP contribution in [0.15, 0.2) is 33.3 Å². The molecule has 0 aliphatic rings. The maximum absolute atomic E-state index is 8.80. The number of thiazole rings is 1. The number of ether oxygens (including phenoxy) is 1. The van der Waals surface area contributed by atoms with Gasteiger partial charge in [0.05, 0.1) is 23.4 Å². The first-order chi connectivity index (χ1) is 9.61. The number of nitrogens with two attached hydrogens (primary N) is 1. The quantitative estimate of drug-likeness (QED) is 0.374. The lowest BCUT2D eigenvalue weighted by atomic mass is 10.2. The molecule has 106 valence electrons. The van der Waals surface area contributed by atoms with Crippen molar-refractivity contribution in [3.05, 3.63) is 44.3 Å². The minimum atomic E-state index is 0.0234. The van der Waals surface area contributed by atoms with E-state index in [0.717, 1.165) is 16.6 Å². The second kappa shape index (κ2) is 6.71. The summed E-state index contributed by atoms with van der Waals surface area (Å²) < 4.78 is 6.57. The standard InChI is InChI=1S/C13H14BrN3O2S/c1-8-12(20-7-16-8)4-5-19-11-3-2-9(14)6-10(11)13(15)17-18/h2-3,6-7,18H,4-5H2,1H3,(H2,15,17). The van der Waals surface area contributed by atoms with Gasteiger partial charge in [-0.05, 0) is 25.1 Å². The maximum Gasteiger partial charge on any atom is 0.173 e. The second-order valence-electron chi connectivity index (χ2n) is 4.09. The fourth-order valence-electron chi connectivity index (χ4n) is 1.70. The van der Waals surface area contributed by atoms with E-state index in [9.17, 15) is 0 Å². The van der Waals surface area contributed by atoms with Gasteiger partial charge in [-0.25, -0.2) is 4.98 Å². The van der Waals surface area contributed by atoms with Gasteiger partial charge in [0.1, 0.15) is 5.75 Å². The average molecular weight is 356 g/mol. The van der Waals surface area contributed by atoms with Gasteiger partial charge in [-0.15, -0.1) is 11.3 Å². The van der Waals surface area contributed by atoms with Gasteiger partial charge >= 0.3 is 0 Å². The number of oxime groups is 1. The van der Waals surface area contributed by atoms with Gasteiger partial charge in [0, 0.05) is 15.8 Å². The molecule has 0 aliphatic heterocycles. The normalized spacial score (nSPS) is 11.6. The number of aromatic nitrogens is 1. The van der Waals surface area contributed by atoms with E-state index >= 15 is 0 Å². The molecule has 5 nitrogen and oxygen atoms in total. The van der Waals surface area contributed by atoms with Crippen LogP contribution in [-0.2, 0) is 6.42 Å². The maximum atomic E-state index is 8.80. The molecule has 7 heteroatoms. The van der Waals surface area contributed by atoms with Crippen molar-refractivity contribution in [3.8, 4) is 5.75 Å². The Bertz CT molecular complexity index is 628. The van der Waals surface area contributed by atoms with Crippen LogP contribution in [-0.4, -0.2) is 22.6 Å². The van der Waals surface area contributed by atoms with Gasteiger partial charge in [0.2, 0.25) is 0 Å². The van der Waals surface area contributed by atoms with Gasteiger partial charge in [-0.2, -0.15) is 0 Å². The van der Waals surface area contributed by atoms with E-state index in [1.54, 1.807) is 23.5 Å². The molecule has 0 atom stereocenters. The highest BCUT2D eigenvalue weighted by molar-refractivity contribution is 9.10. The van der Waals surface area contributed by atoms with E-state index in [4.69, 9.17) is 15.7 Å². The molecule has 0 bridgehead atoms. The number of halogens is 1. The lowest BCUT2D eigenvalue weighted by Gasteiger charge is -2.10. The molecule has 2 rings (SSSR count). The summed E-state index contributed by atoms with van der Waals surface area (Å²) in [7, 11) is 0. The molecule has 0 radical (unpaired) electrons. The Morgan fingerprint density at radius 2 is 2.35 bits per heavy atom. The fourth-order valence-corrected chi connectivity index (χ4v) is 2.83. The number of amidine groups is 1. The van der Waals surface area contributed by atoms with Gasteiger partial charge in [0.25, 0.3) is 0 Å². The molecule has 2 aromatic rings.